The Morgan fingerprint density at radius 1 is 0.935 bits per heavy atom. The molecule has 31 heavy (non-hydrogen) atoms. The highest BCUT2D eigenvalue weighted by Gasteiger charge is 2.28. The fourth-order valence-corrected chi connectivity index (χ4v) is 3.56. The fraction of sp³-hybridized carbons (Fsp3) is 0.133. The van der Waals surface area contributed by atoms with Gasteiger partial charge in [-0.2, -0.15) is 16.8 Å². The van der Waals surface area contributed by atoms with Gasteiger partial charge < -0.3 is 20.1 Å². The molecule has 0 heterocycles. The van der Waals surface area contributed by atoms with E-state index in [0.717, 1.165) is 25.3 Å². The van der Waals surface area contributed by atoms with Gasteiger partial charge >= 0.3 is 16.1 Å². The van der Waals surface area contributed by atoms with Gasteiger partial charge in [0, 0.05) is 0 Å². The Labute approximate surface area is 175 Å². The number of rotatable bonds is 7. The van der Waals surface area contributed by atoms with E-state index in [1.807, 2.05) is 0 Å². The Kier molecular flexibility index (Phi) is 6.70. The third kappa shape index (κ3) is 5.57. The molecular weight excluding hydrogens is 462 g/mol. The molecule has 0 fully saturated rings. The quantitative estimate of drug-likeness (QED) is 0.256. The highest BCUT2D eigenvalue weighted by molar-refractivity contribution is 7.86. The minimum atomic E-state index is -5.04. The largest absolute Gasteiger partial charge is 0.495 e. The van der Waals surface area contributed by atoms with Gasteiger partial charge in [-0.3, -0.25) is 19.2 Å². The molecule has 2 amide bonds. The van der Waals surface area contributed by atoms with Crippen LogP contribution in [0, 0.1) is 10.1 Å². The number of amides is 2. The lowest BCUT2D eigenvalue weighted by molar-refractivity contribution is -0.387. The van der Waals surface area contributed by atoms with E-state index in [-0.39, 0.29) is 22.9 Å². The molecule has 0 spiro atoms. The summed E-state index contributed by atoms with van der Waals surface area (Å²) in [7, 11) is -7.32. The van der Waals surface area contributed by atoms with Crippen LogP contribution in [0.3, 0.4) is 0 Å². The topological polar surface area (TPSA) is 211 Å². The van der Waals surface area contributed by atoms with Crippen LogP contribution in [0.1, 0.15) is 0 Å². The van der Waals surface area contributed by atoms with Crippen LogP contribution in [0.2, 0.25) is 0 Å². The molecule has 4 N–H and O–H groups in total. The van der Waals surface area contributed by atoms with E-state index >= 15 is 0 Å². The molecule has 0 unspecified atom stereocenters. The van der Waals surface area contributed by atoms with E-state index in [0.29, 0.717) is 12.1 Å². The van der Waals surface area contributed by atoms with Crippen molar-refractivity contribution < 1.29 is 45.1 Å². The number of carbonyl (C=O) groups excluding carboxylic acids is 1. The summed E-state index contributed by atoms with van der Waals surface area (Å²) < 4.78 is 73.9. The van der Waals surface area contributed by atoms with Crippen molar-refractivity contribution in [2.45, 2.75) is 9.79 Å². The number of anilines is 2. The van der Waals surface area contributed by atoms with Gasteiger partial charge in [-0.15, -0.1) is 0 Å². The number of methoxy groups -OCH3 is 2. The molecule has 2 aromatic carbocycles. The Hall–Kier alpha value is -3.47. The zero-order chi connectivity index (χ0) is 23.6. The first-order valence-corrected chi connectivity index (χ1v) is 10.7. The first-order chi connectivity index (χ1) is 14.3. The van der Waals surface area contributed by atoms with E-state index < -0.39 is 46.7 Å². The Balaban J connectivity index is 2.46. The lowest BCUT2D eigenvalue weighted by atomic mass is 10.2. The summed E-state index contributed by atoms with van der Waals surface area (Å²) in [6, 6.07) is 3.29. The zero-order valence-corrected chi connectivity index (χ0v) is 17.4. The van der Waals surface area contributed by atoms with E-state index in [9.17, 15) is 36.3 Å². The first-order valence-electron chi connectivity index (χ1n) is 7.85. The van der Waals surface area contributed by atoms with Crippen molar-refractivity contribution in [3.63, 3.8) is 0 Å². The second-order valence-electron chi connectivity index (χ2n) is 5.67. The van der Waals surface area contributed by atoms with Crippen LogP contribution in [0.25, 0.3) is 0 Å². The highest BCUT2D eigenvalue weighted by atomic mass is 32.2. The summed E-state index contributed by atoms with van der Waals surface area (Å²) >= 11 is 0. The maximum absolute atomic E-state index is 12.4. The zero-order valence-electron chi connectivity index (χ0n) is 15.7. The van der Waals surface area contributed by atoms with Gasteiger partial charge in [-0.25, -0.2) is 4.79 Å². The summed E-state index contributed by atoms with van der Waals surface area (Å²) in [4.78, 5) is 20.7. The SMILES string of the molecule is COc1ccc(S(=O)(=O)O)cc1NC(=O)Nc1cc(S(=O)(=O)O)c([N+](=O)[O-])cc1OC. The molecule has 0 aliphatic heterocycles. The number of ether oxygens (including phenoxy) is 2. The minimum Gasteiger partial charge on any atom is -0.495 e. The van der Waals surface area contributed by atoms with Crippen molar-refractivity contribution >= 4 is 43.3 Å². The summed E-state index contributed by atoms with van der Waals surface area (Å²) in [5.74, 6) is -0.301. The number of nitro groups is 1. The number of nitro benzene ring substituents is 1. The van der Waals surface area contributed by atoms with Gasteiger partial charge in [0.05, 0.1) is 41.5 Å². The molecular formula is C15H15N3O11S2. The number of urea groups is 1. The predicted molar refractivity (Wildman–Crippen MR) is 105 cm³/mol. The molecule has 0 aliphatic rings. The molecule has 0 atom stereocenters. The highest BCUT2D eigenvalue weighted by Crippen LogP contribution is 2.35. The number of nitrogens with one attached hydrogen (secondary N) is 2. The maximum Gasteiger partial charge on any atom is 0.323 e. The lowest BCUT2D eigenvalue weighted by Crippen LogP contribution is -2.21. The van der Waals surface area contributed by atoms with Gasteiger partial charge in [-0.1, -0.05) is 0 Å². The molecule has 2 rings (SSSR count). The van der Waals surface area contributed by atoms with Crippen LogP contribution in [-0.4, -0.2) is 51.1 Å². The molecule has 16 heteroatoms. The smallest absolute Gasteiger partial charge is 0.323 e. The van der Waals surface area contributed by atoms with Crippen molar-refractivity contribution in [3.05, 3.63) is 40.4 Å². The van der Waals surface area contributed by atoms with Gasteiger partial charge in [0.1, 0.15) is 11.5 Å². The maximum atomic E-state index is 12.4. The second kappa shape index (κ2) is 8.72. The third-order valence-electron chi connectivity index (χ3n) is 3.72. The normalized spacial score (nSPS) is 11.5. The Bertz CT molecular complexity index is 1260. The molecule has 14 nitrogen and oxygen atoms in total. The number of hydrogen-bond donors (Lipinski definition) is 4. The van der Waals surface area contributed by atoms with E-state index in [1.165, 1.54) is 7.11 Å². The van der Waals surface area contributed by atoms with Crippen molar-refractivity contribution in [1.82, 2.24) is 0 Å². The van der Waals surface area contributed by atoms with Crippen LogP contribution in [0.4, 0.5) is 21.9 Å². The van der Waals surface area contributed by atoms with Crippen LogP contribution in [-0.2, 0) is 20.2 Å². The number of nitrogens with zero attached hydrogens (tertiary/aromatic N) is 1. The van der Waals surface area contributed by atoms with Gasteiger partial charge in [0.15, 0.2) is 4.90 Å². The van der Waals surface area contributed by atoms with Crippen LogP contribution in [0.5, 0.6) is 11.5 Å². The summed E-state index contributed by atoms with van der Waals surface area (Å²) in [5, 5.41) is 15.5. The van der Waals surface area contributed by atoms with Crippen molar-refractivity contribution in [2.75, 3.05) is 24.9 Å². The monoisotopic (exact) mass is 477 g/mol. The Morgan fingerprint density at radius 3 is 1.94 bits per heavy atom. The third-order valence-corrected chi connectivity index (χ3v) is 5.45. The van der Waals surface area contributed by atoms with Crippen molar-refractivity contribution in [3.8, 4) is 11.5 Å². The van der Waals surface area contributed by atoms with E-state index in [4.69, 9.17) is 14.0 Å². The van der Waals surface area contributed by atoms with Crippen LogP contribution >= 0.6 is 0 Å². The predicted octanol–water partition coefficient (Wildman–Crippen LogP) is 1.75. The summed E-state index contributed by atoms with van der Waals surface area (Å²) in [6.07, 6.45) is 0. The van der Waals surface area contributed by atoms with Crippen molar-refractivity contribution in [1.29, 1.82) is 0 Å². The van der Waals surface area contributed by atoms with E-state index in [2.05, 4.69) is 10.6 Å². The first kappa shape index (κ1) is 23.8. The number of carbonyl (C=O) groups is 1. The van der Waals surface area contributed by atoms with Crippen molar-refractivity contribution in [2.24, 2.45) is 0 Å². The molecule has 0 saturated carbocycles. The minimum absolute atomic E-state index is 0.0110. The average Bonchev–Trinajstić information content (AvgIpc) is 2.65. The molecule has 0 radical (unpaired) electrons. The van der Waals surface area contributed by atoms with Gasteiger partial charge in [0.2, 0.25) is 0 Å². The van der Waals surface area contributed by atoms with Gasteiger partial charge in [-0.05, 0) is 24.3 Å². The number of benzene rings is 2. The van der Waals surface area contributed by atoms with Gasteiger partial charge in [0.25, 0.3) is 15.8 Å². The Morgan fingerprint density at radius 2 is 1.48 bits per heavy atom. The summed E-state index contributed by atoms with van der Waals surface area (Å²) in [6.45, 7) is 0. The fourth-order valence-electron chi connectivity index (χ4n) is 2.39. The second-order valence-corrected chi connectivity index (χ2v) is 8.48. The van der Waals surface area contributed by atoms with Crippen LogP contribution < -0.4 is 20.1 Å². The van der Waals surface area contributed by atoms with E-state index in [1.54, 1.807) is 0 Å². The lowest BCUT2D eigenvalue weighted by Gasteiger charge is -2.14. The molecule has 168 valence electrons. The molecule has 0 aromatic heterocycles. The standard InChI is InChI=1S/C15H15N3O11S2/c1-28-12-4-3-8(30(22,23)24)5-9(12)16-15(19)17-10-6-14(31(25,26)27)11(18(20)21)7-13(10)29-2/h3-7H,1-2H3,(H2,16,17,19)(H,22,23,24)(H,25,26,27). The molecule has 0 aliphatic carbocycles. The van der Waals surface area contributed by atoms with Crippen LogP contribution in [0.15, 0.2) is 40.1 Å². The average molecular weight is 477 g/mol. The molecule has 0 bridgehead atoms. The molecule has 2 aromatic rings. The molecule has 0 saturated heterocycles. The number of hydrogen-bond acceptors (Lipinski definition) is 9. The summed E-state index contributed by atoms with van der Waals surface area (Å²) in [5.41, 5.74) is -1.55.